The number of likely N-dealkylation sites (tertiary alicyclic amines) is 1. The lowest BCUT2D eigenvalue weighted by atomic mass is 10.1. The van der Waals surface area contributed by atoms with Crippen LogP contribution in [0.25, 0.3) is 0 Å². The summed E-state index contributed by atoms with van der Waals surface area (Å²) in [7, 11) is 0. The van der Waals surface area contributed by atoms with Crippen molar-refractivity contribution in [3.63, 3.8) is 0 Å². The summed E-state index contributed by atoms with van der Waals surface area (Å²) < 4.78 is 18.5. The van der Waals surface area contributed by atoms with Crippen molar-refractivity contribution in [2.24, 2.45) is 0 Å². The van der Waals surface area contributed by atoms with E-state index in [1.807, 2.05) is 0 Å². The van der Waals surface area contributed by atoms with Gasteiger partial charge in [0.1, 0.15) is 5.82 Å². The maximum atomic E-state index is 13.1. The van der Waals surface area contributed by atoms with Crippen LogP contribution in [-0.4, -0.2) is 36.1 Å². The molecule has 0 saturated carbocycles. The number of hydrogen-bond donors (Lipinski definition) is 0. The highest BCUT2D eigenvalue weighted by Crippen LogP contribution is 2.30. The van der Waals surface area contributed by atoms with Crippen LogP contribution in [-0.2, 0) is 4.74 Å². The van der Waals surface area contributed by atoms with E-state index in [1.165, 1.54) is 18.2 Å². The quantitative estimate of drug-likeness (QED) is 0.769. The van der Waals surface area contributed by atoms with Crippen molar-refractivity contribution in [2.75, 3.05) is 13.2 Å². The molecule has 90 valence electrons. The molecule has 2 heterocycles. The maximum Gasteiger partial charge on any atom is 0.255 e. The van der Waals surface area contributed by atoms with Gasteiger partial charge >= 0.3 is 0 Å². The Morgan fingerprint density at radius 3 is 3.00 bits per heavy atom. The molecule has 2 aliphatic rings. The van der Waals surface area contributed by atoms with Crippen LogP contribution >= 0.6 is 11.6 Å². The van der Waals surface area contributed by atoms with E-state index in [0.29, 0.717) is 18.2 Å². The van der Waals surface area contributed by atoms with E-state index in [0.717, 1.165) is 6.42 Å². The van der Waals surface area contributed by atoms with E-state index in [-0.39, 0.29) is 23.6 Å². The lowest BCUT2D eigenvalue weighted by Crippen LogP contribution is -2.41. The van der Waals surface area contributed by atoms with Gasteiger partial charge in [0.15, 0.2) is 0 Å². The second-order valence-corrected chi connectivity index (χ2v) is 4.83. The molecule has 0 aliphatic carbocycles. The molecule has 17 heavy (non-hydrogen) atoms. The molecule has 3 nitrogen and oxygen atoms in total. The first-order valence-corrected chi connectivity index (χ1v) is 5.90. The summed E-state index contributed by atoms with van der Waals surface area (Å²) in [4.78, 5) is 14.0. The molecule has 0 N–H and O–H groups in total. The number of benzene rings is 1. The van der Waals surface area contributed by atoms with Crippen molar-refractivity contribution in [3.05, 3.63) is 34.6 Å². The Labute approximate surface area is 103 Å². The largest absolute Gasteiger partial charge is 0.374 e. The number of halogens is 2. The average Bonchev–Trinajstić information content (AvgIpc) is 2.93. The molecule has 2 fully saturated rings. The molecule has 5 heteroatoms. The zero-order valence-electron chi connectivity index (χ0n) is 9.03. The standard InChI is InChI=1S/C12H11ClFNO2/c13-11-2-1-7(14)3-10(11)12(16)15-5-9-4-8(15)6-17-9/h1-3,8-9H,4-6H2/t8-,9+/m0/s1. The van der Waals surface area contributed by atoms with Gasteiger partial charge in [-0.1, -0.05) is 11.6 Å². The van der Waals surface area contributed by atoms with Gasteiger partial charge in [-0.25, -0.2) is 4.39 Å². The van der Waals surface area contributed by atoms with E-state index >= 15 is 0 Å². The molecule has 2 aliphatic heterocycles. The third-order valence-corrected chi connectivity index (χ3v) is 3.65. The van der Waals surface area contributed by atoms with E-state index in [2.05, 4.69) is 0 Å². The fraction of sp³-hybridized carbons (Fsp3) is 0.417. The number of carbonyl (C=O) groups excluding carboxylic acids is 1. The molecular weight excluding hydrogens is 245 g/mol. The van der Waals surface area contributed by atoms with E-state index < -0.39 is 5.82 Å². The van der Waals surface area contributed by atoms with Crippen molar-refractivity contribution in [3.8, 4) is 0 Å². The number of amides is 1. The zero-order chi connectivity index (χ0) is 12.0. The van der Waals surface area contributed by atoms with Gasteiger partial charge in [0, 0.05) is 6.54 Å². The lowest BCUT2D eigenvalue weighted by Gasteiger charge is -2.27. The Morgan fingerprint density at radius 1 is 1.53 bits per heavy atom. The van der Waals surface area contributed by atoms with Crippen LogP contribution in [0.1, 0.15) is 16.8 Å². The SMILES string of the molecule is O=C(c1cc(F)ccc1Cl)N1C[C@H]2C[C@H]1CO2. The number of ether oxygens (including phenoxy) is 1. The van der Waals surface area contributed by atoms with Crippen LogP contribution < -0.4 is 0 Å². The highest BCUT2D eigenvalue weighted by atomic mass is 35.5. The van der Waals surface area contributed by atoms with Crippen molar-refractivity contribution in [1.29, 1.82) is 0 Å². The third kappa shape index (κ3) is 1.81. The van der Waals surface area contributed by atoms with Crippen LogP contribution in [0.15, 0.2) is 18.2 Å². The maximum absolute atomic E-state index is 13.1. The highest BCUT2D eigenvalue weighted by Gasteiger charge is 2.42. The normalized spacial score (nSPS) is 26.6. The van der Waals surface area contributed by atoms with Gasteiger partial charge in [-0.05, 0) is 24.6 Å². The van der Waals surface area contributed by atoms with Crippen LogP contribution in [0.2, 0.25) is 5.02 Å². The summed E-state index contributed by atoms with van der Waals surface area (Å²) >= 11 is 5.93. The van der Waals surface area contributed by atoms with Crippen LogP contribution in [0.4, 0.5) is 4.39 Å². The van der Waals surface area contributed by atoms with Gasteiger partial charge in [-0.3, -0.25) is 4.79 Å². The first kappa shape index (κ1) is 11.0. The molecule has 0 aromatic heterocycles. The number of carbonyl (C=O) groups is 1. The molecule has 0 radical (unpaired) electrons. The van der Waals surface area contributed by atoms with Crippen LogP contribution in [0, 0.1) is 5.82 Å². The number of nitrogens with zero attached hydrogens (tertiary/aromatic N) is 1. The number of morpholine rings is 1. The summed E-state index contributed by atoms with van der Waals surface area (Å²) in [6.45, 7) is 1.15. The molecule has 2 bridgehead atoms. The molecular formula is C12H11ClFNO2. The molecule has 2 atom stereocenters. The summed E-state index contributed by atoms with van der Waals surface area (Å²) in [5.41, 5.74) is 0.235. The third-order valence-electron chi connectivity index (χ3n) is 3.32. The second-order valence-electron chi connectivity index (χ2n) is 4.43. The summed E-state index contributed by atoms with van der Waals surface area (Å²) in [6.07, 6.45) is 1.01. The van der Waals surface area contributed by atoms with Crippen LogP contribution in [0.3, 0.4) is 0 Å². The Morgan fingerprint density at radius 2 is 2.35 bits per heavy atom. The van der Waals surface area contributed by atoms with Gasteiger partial charge in [-0.2, -0.15) is 0 Å². The monoisotopic (exact) mass is 255 g/mol. The van der Waals surface area contributed by atoms with Crippen molar-refractivity contribution in [1.82, 2.24) is 4.90 Å². The van der Waals surface area contributed by atoms with Crippen molar-refractivity contribution >= 4 is 17.5 Å². The van der Waals surface area contributed by atoms with Gasteiger partial charge in [0.25, 0.3) is 5.91 Å². The van der Waals surface area contributed by atoms with E-state index in [4.69, 9.17) is 16.3 Å². The Balaban J connectivity index is 1.89. The Hall–Kier alpha value is -1.13. The minimum atomic E-state index is -0.446. The Kier molecular flexibility index (Phi) is 2.56. The molecule has 2 saturated heterocycles. The first-order chi connectivity index (χ1) is 8.15. The molecule has 0 unspecified atom stereocenters. The van der Waals surface area contributed by atoms with Gasteiger partial charge < -0.3 is 9.64 Å². The van der Waals surface area contributed by atoms with Crippen molar-refractivity contribution in [2.45, 2.75) is 18.6 Å². The summed E-state index contributed by atoms with van der Waals surface area (Å²) in [6, 6.07) is 3.97. The average molecular weight is 256 g/mol. The number of hydrogen-bond acceptors (Lipinski definition) is 2. The first-order valence-electron chi connectivity index (χ1n) is 5.53. The van der Waals surface area contributed by atoms with Gasteiger partial charge in [0.05, 0.1) is 29.3 Å². The minimum Gasteiger partial charge on any atom is -0.374 e. The molecule has 3 rings (SSSR count). The predicted octanol–water partition coefficient (Wildman–Crippen LogP) is 2.09. The Bertz CT molecular complexity index is 480. The second kappa shape index (κ2) is 3.96. The topological polar surface area (TPSA) is 29.5 Å². The molecule has 1 amide bonds. The van der Waals surface area contributed by atoms with E-state index in [9.17, 15) is 9.18 Å². The molecule has 0 spiro atoms. The van der Waals surface area contributed by atoms with Crippen LogP contribution in [0.5, 0.6) is 0 Å². The van der Waals surface area contributed by atoms with Crippen molar-refractivity contribution < 1.29 is 13.9 Å². The lowest BCUT2D eigenvalue weighted by molar-refractivity contribution is 0.0259. The minimum absolute atomic E-state index is 0.117. The summed E-state index contributed by atoms with van der Waals surface area (Å²) in [5, 5.41) is 0.292. The molecule has 1 aromatic carbocycles. The number of fused-ring (bicyclic) bond motifs is 2. The fourth-order valence-electron chi connectivity index (χ4n) is 2.46. The smallest absolute Gasteiger partial charge is 0.255 e. The fourth-order valence-corrected chi connectivity index (χ4v) is 2.66. The highest BCUT2D eigenvalue weighted by molar-refractivity contribution is 6.33. The van der Waals surface area contributed by atoms with Gasteiger partial charge in [-0.15, -0.1) is 0 Å². The summed E-state index contributed by atoms with van der Waals surface area (Å²) in [5.74, 6) is -0.649. The molecule has 1 aromatic rings. The predicted molar refractivity (Wildman–Crippen MR) is 60.6 cm³/mol. The number of rotatable bonds is 1. The zero-order valence-corrected chi connectivity index (χ0v) is 9.78. The van der Waals surface area contributed by atoms with E-state index in [1.54, 1.807) is 4.90 Å². The van der Waals surface area contributed by atoms with Gasteiger partial charge in [0.2, 0.25) is 0 Å².